The van der Waals surface area contributed by atoms with Crippen LogP contribution < -0.4 is 4.72 Å². The van der Waals surface area contributed by atoms with Crippen LogP contribution in [0.25, 0.3) is 11.3 Å². The Morgan fingerprint density at radius 2 is 2.19 bits per heavy atom. The molecule has 1 fully saturated rings. The lowest BCUT2D eigenvalue weighted by Gasteiger charge is -2.29. The average Bonchev–Trinajstić information content (AvgIpc) is 3.05. The minimum atomic E-state index is -3.61. The van der Waals surface area contributed by atoms with E-state index in [2.05, 4.69) is 14.6 Å². The van der Waals surface area contributed by atoms with Gasteiger partial charge >= 0.3 is 0 Å². The Morgan fingerprint density at radius 1 is 1.37 bits per heavy atom. The third-order valence-electron chi connectivity index (χ3n) is 4.81. The van der Waals surface area contributed by atoms with Crippen molar-refractivity contribution in [1.29, 1.82) is 0 Å². The van der Waals surface area contributed by atoms with Gasteiger partial charge in [0.05, 0.1) is 17.2 Å². The number of nitrogens with zero attached hydrogens (tertiary/aromatic N) is 2. The standard InChI is InChI=1S/C19H27N3O4S/c1-14-6-7-16(18-12-20-15(2)26-18)11-19(14)27(24,25)21-8-4-10-22-9-3-5-17(23)13-22/h6-7,11-12,17,21,23H,3-5,8-10,13H2,1-2H3/t17-/m1/s1. The monoisotopic (exact) mass is 393 g/mol. The molecule has 0 bridgehead atoms. The second-order valence-electron chi connectivity index (χ2n) is 7.07. The van der Waals surface area contributed by atoms with E-state index in [4.69, 9.17) is 4.42 Å². The summed E-state index contributed by atoms with van der Waals surface area (Å²) in [7, 11) is -3.61. The maximum Gasteiger partial charge on any atom is 0.240 e. The van der Waals surface area contributed by atoms with Gasteiger partial charge in [0.15, 0.2) is 11.7 Å². The van der Waals surface area contributed by atoms with Crippen LogP contribution in [0.5, 0.6) is 0 Å². The lowest BCUT2D eigenvalue weighted by atomic mass is 10.1. The number of β-amino-alcohol motifs (C(OH)–C–C–N with tert-alkyl or cyclic N) is 1. The summed E-state index contributed by atoms with van der Waals surface area (Å²) in [4.78, 5) is 6.50. The summed E-state index contributed by atoms with van der Waals surface area (Å²) in [5, 5.41) is 9.70. The highest BCUT2D eigenvalue weighted by atomic mass is 32.2. The summed E-state index contributed by atoms with van der Waals surface area (Å²) >= 11 is 0. The topological polar surface area (TPSA) is 95.7 Å². The molecule has 0 saturated carbocycles. The molecule has 7 nitrogen and oxygen atoms in total. The van der Waals surface area contributed by atoms with Crippen LogP contribution in [0.1, 0.15) is 30.7 Å². The molecule has 0 spiro atoms. The fourth-order valence-electron chi connectivity index (χ4n) is 3.36. The number of oxazole rings is 1. The maximum absolute atomic E-state index is 12.7. The number of aryl methyl sites for hydroxylation is 2. The molecule has 1 atom stereocenters. The molecule has 0 amide bonds. The van der Waals surface area contributed by atoms with Gasteiger partial charge in [-0.05, 0) is 50.9 Å². The number of aliphatic hydroxyl groups is 1. The Kier molecular flexibility index (Phi) is 6.31. The summed E-state index contributed by atoms with van der Waals surface area (Å²) in [5.74, 6) is 1.09. The van der Waals surface area contributed by atoms with Gasteiger partial charge in [-0.15, -0.1) is 0 Å². The first kappa shape index (κ1) is 20.0. The lowest BCUT2D eigenvalue weighted by molar-refractivity contribution is 0.0704. The second-order valence-corrected chi connectivity index (χ2v) is 8.81. The smallest absolute Gasteiger partial charge is 0.240 e. The van der Waals surface area contributed by atoms with Gasteiger partial charge in [-0.1, -0.05) is 12.1 Å². The maximum atomic E-state index is 12.7. The molecule has 0 unspecified atom stereocenters. The Balaban J connectivity index is 1.62. The second kappa shape index (κ2) is 8.52. The summed E-state index contributed by atoms with van der Waals surface area (Å²) < 4.78 is 33.7. The summed E-state index contributed by atoms with van der Waals surface area (Å²) in [5.41, 5.74) is 1.37. The molecule has 27 heavy (non-hydrogen) atoms. The van der Waals surface area contributed by atoms with Crippen molar-refractivity contribution < 1.29 is 17.9 Å². The third-order valence-corrected chi connectivity index (χ3v) is 6.41. The molecule has 0 radical (unpaired) electrons. The van der Waals surface area contributed by atoms with Crippen molar-refractivity contribution in [3.05, 3.63) is 35.9 Å². The molecule has 1 aliphatic heterocycles. The molecular weight excluding hydrogens is 366 g/mol. The summed E-state index contributed by atoms with van der Waals surface area (Å²) in [6, 6.07) is 5.23. The Hall–Kier alpha value is -1.74. The highest BCUT2D eigenvalue weighted by Gasteiger charge is 2.20. The predicted molar refractivity (Wildman–Crippen MR) is 103 cm³/mol. The number of piperidine rings is 1. The molecule has 3 rings (SSSR count). The van der Waals surface area contributed by atoms with Gasteiger partial charge in [-0.3, -0.25) is 0 Å². The number of rotatable bonds is 7. The first-order valence-corrected chi connectivity index (χ1v) is 10.8. The number of sulfonamides is 1. The average molecular weight is 394 g/mol. The zero-order chi connectivity index (χ0) is 19.4. The highest BCUT2D eigenvalue weighted by Crippen LogP contribution is 2.25. The van der Waals surface area contributed by atoms with Crippen molar-refractivity contribution in [2.24, 2.45) is 0 Å². The molecule has 1 aliphatic rings. The van der Waals surface area contributed by atoms with Gasteiger partial charge in [0, 0.05) is 25.6 Å². The first-order valence-electron chi connectivity index (χ1n) is 9.29. The van der Waals surface area contributed by atoms with Gasteiger partial charge in [0.2, 0.25) is 10.0 Å². The van der Waals surface area contributed by atoms with Gasteiger partial charge in [-0.2, -0.15) is 0 Å². The van der Waals surface area contributed by atoms with E-state index in [1.165, 1.54) is 0 Å². The van der Waals surface area contributed by atoms with E-state index in [0.717, 1.165) is 25.9 Å². The molecule has 8 heteroatoms. The van der Waals surface area contributed by atoms with E-state index in [9.17, 15) is 13.5 Å². The molecule has 1 aromatic carbocycles. The minimum Gasteiger partial charge on any atom is -0.441 e. The van der Waals surface area contributed by atoms with Crippen LogP contribution in [0.2, 0.25) is 0 Å². The first-order chi connectivity index (χ1) is 12.8. The van der Waals surface area contributed by atoms with Gasteiger partial charge < -0.3 is 14.4 Å². The van der Waals surface area contributed by atoms with E-state index in [1.807, 2.05) is 6.07 Å². The number of benzene rings is 1. The van der Waals surface area contributed by atoms with Crippen molar-refractivity contribution in [1.82, 2.24) is 14.6 Å². The molecule has 2 N–H and O–H groups in total. The van der Waals surface area contributed by atoms with E-state index in [1.54, 1.807) is 32.2 Å². The zero-order valence-electron chi connectivity index (χ0n) is 15.8. The van der Waals surface area contributed by atoms with Crippen LogP contribution >= 0.6 is 0 Å². The molecule has 0 aliphatic carbocycles. The van der Waals surface area contributed by atoms with Crippen molar-refractivity contribution in [3.63, 3.8) is 0 Å². The fourth-order valence-corrected chi connectivity index (χ4v) is 4.70. The molecule has 1 saturated heterocycles. The summed E-state index contributed by atoms with van der Waals surface area (Å²) in [6.45, 7) is 6.29. The van der Waals surface area contributed by atoms with Crippen LogP contribution in [0.15, 0.2) is 33.7 Å². The molecular formula is C19H27N3O4S. The van der Waals surface area contributed by atoms with Crippen molar-refractivity contribution in [3.8, 4) is 11.3 Å². The number of aromatic nitrogens is 1. The number of nitrogens with one attached hydrogen (secondary N) is 1. The number of aliphatic hydroxyl groups excluding tert-OH is 1. The van der Waals surface area contributed by atoms with E-state index < -0.39 is 10.0 Å². The van der Waals surface area contributed by atoms with Crippen LogP contribution in [0.4, 0.5) is 0 Å². The number of likely N-dealkylation sites (tertiary alicyclic amines) is 1. The number of hydrogen-bond donors (Lipinski definition) is 2. The molecule has 1 aromatic heterocycles. The predicted octanol–water partition coefficient (Wildman–Crippen LogP) is 2.08. The number of hydrogen-bond acceptors (Lipinski definition) is 6. The third kappa shape index (κ3) is 5.16. The van der Waals surface area contributed by atoms with Gasteiger partial charge in [0.25, 0.3) is 0 Å². The lowest BCUT2D eigenvalue weighted by Crippen LogP contribution is -2.39. The van der Waals surface area contributed by atoms with E-state index >= 15 is 0 Å². The van der Waals surface area contributed by atoms with E-state index in [-0.39, 0.29) is 11.0 Å². The zero-order valence-corrected chi connectivity index (χ0v) is 16.6. The molecule has 2 heterocycles. The van der Waals surface area contributed by atoms with Crippen LogP contribution in [-0.4, -0.2) is 55.7 Å². The quantitative estimate of drug-likeness (QED) is 0.700. The SMILES string of the molecule is Cc1ncc(-c2ccc(C)c(S(=O)(=O)NCCCN3CCC[C@@H](O)C3)c2)o1. The molecule has 2 aromatic rings. The Bertz CT molecular complexity index is 879. The van der Waals surface area contributed by atoms with Gasteiger partial charge in [-0.25, -0.2) is 18.1 Å². The van der Waals surface area contributed by atoms with Crippen molar-refractivity contribution >= 4 is 10.0 Å². The Morgan fingerprint density at radius 3 is 2.89 bits per heavy atom. The highest BCUT2D eigenvalue weighted by molar-refractivity contribution is 7.89. The van der Waals surface area contributed by atoms with E-state index in [0.29, 0.717) is 42.3 Å². The van der Waals surface area contributed by atoms with Gasteiger partial charge in [0.1, 0.15) is 0 Å². The Labute approximate surface area is 160 Å². The normalized spacial score (nSPS) is 18.7. The van der Waals surface area contributed by atoms with Crippen LogP contribution in [0, 0.1) is 13.8 Å². The van der Waals surface area contributed by atoms with Crippen molar-refractivity contribution in [2.75, 3.05) is 26.2 Å². The van der Waals surface area contributed by atoms with Crippen LogP contribution in [0.3, 0.4) is 0 Å². The van der Waals surface area contributed by atoms with Crippen molar-refractivity contribution in [2.45, 2.75) is 44.1 Å². The minimum absolute atomic E-state index is 0.252. The largest absolute Gasteiger partial charge is 0.441 e. The fraction of sp³-hybridized carbons (Fsp3) is 0.526. The summed E-state index contributed by atoms with van der Waals surface area (Å²) in [6.07, 6.45) is 3.87. The van der Waals surface area contributed by atoms with Crippen LogP contribution in [-0.2, 0) is 10.0 Å². The molecule has 148 valence electrons.